The van der Waals surface area contributed by atoms with Crippen LogP contribution in [-0.2, 0) is 18.3 Å². The van der Waals surface area contributed by atoms with Crippen molar-refractivity contribution in [3.05, 3.63) is 52.5 Å². The van der Waals surface area contributed by atoms with Crippen molar-refractivity contribution in [1.82, 2.24) is 14.9 Å². The Kier molecular flexibility index (Phi) is 4.76. The minimum atomic E-state index is -0.0957. The number of thiophene rings is 1. The SMILES string of the molecule is CC(NC(=O)CCCc1cccs1)c1nc2ccccc2n1C. The van der Waals surface area contributed by atoms with Gasteiger partial charge in [-0.25, -0.2) is 4.98 Å². The van der Waals surface area contributed by atoms with Crippen LogP contribution in [0, 0.1) is 0 Å². The average molecular weight is 327 g/mol. The molecule has 2 heterocycles. The number of carbonyl (C=O) groups is 1. The second-order valence-corrected chi connectivity index (χ2v) is 6.77. The third-order valence-corrected chi connectivity index (χ3v) is 4.93. The number of benzene rings is 1. The zero-order chi connectivity index (χ0) is 16.2. The van der Waals surface area contributed by atoms with E-state index in [4.69, 9.17) is 0 Å². The molecule has 0 aliphatic heterocycles. The van der Waals surface area contributed by atoms with Gasteiger partial charge in [-0.3, -0.25) is 4.79 Å². The number of amides is 1. The lowest BCUT2D eigenvalue weighted by molar-refractivity contribution is -0.121. The van der Waals surface area contributed by atoms with Crippen LogP contribution < -0.4 is 5.32 Å². The fourth-order valence-corrected chi connectivity index (χ4v) is 3.56. The fourth-order valence-electron chi connectivity index (χ4n) is 2.81. The van der Waals surface area contributed by atoms with Gasteiger partial charge in [-0.1, -0.05) is 18.2 Å². The van der Waals surface area contributed by atoms with Crippen molar-refractivity contribution < 1.29 is 4.79 Å². The van der Waals surface area contributed by atoms with Crippen LogP contribution in [0.4, 0.5) is 0 Å². The molecule has 2 aromatic heterocycles. The van der Waals surface area contributed by atoms with Crippen LogP contribution in [0.15, 0.2) is 41.8 Å². The highest BCUT2D eigenvalue weighted by Gasteiger charge is 2.16. The molecule has 0 saturated carbocycles. The molecule has 5 heteroatoms. The summed E-state index contributed by atoms with van der Waals surface area (Å²) in [4.78, 5) is 18.1. The Morgan fingerprint density at radius 1 is 1.30 bits per heavy atom. The summed E-state index contributed by atoms with van der Waals surface area (Å²) in [6.45, 7) is 1.98. The standard InChI is InChI=1S/C18H21N3OS/c1-13(18-20-15-9-3-4-10-16(15)21(18)2)19-17(22)11-5-7-14-8-6-12-23-14/h3-4,6,8-10,12-13H,5,7,11H2,1-2H3,(H,19,22). The summed E-state index contributed by atoms with van der Waals surface area (Å²) in [5.74, 6) is 0.971. The molecule has 3 rings (SSSR count). The van der Waals surface area contributed by atoms with Gasteiger partial charge < -0.3 is 9.88 Å². The minimum Gasteiger partial charge on any atom is -0.346 e. The molecule has 0 spiro atoms. The van der Waals surface area contributed by atoms with E-state index in [2.05, 4.69) is 21.7 Å². The highest BCUT2D eigenvalue weighted by Crippen LogP contribution is 2.19. The number of hydrogen-bond donors (Lipinski definition) is 1. The third-order valence-electron chi connectivity index (χ3n) is 3.99. The Hall–Kier alpha value is -2.14. The molecule has 1 amide bonds. The molecular weight excluding hydrogens is 306 g/mol. The molecule has 120 valence electrons. The van der Waals surface area contributed by atoms with E-state index in [1.165, 1.54) is 4.88 Å². The molecule has 1 atom stereocenters. The third kappa shape index (κ3) is 3.62. The van der Waals surface area contributed by atoms with Gasteiger partial charge in [0.15, 0.2) is 0 Å². The van der Waals surface area contributed by atoms with Gasteiger partial charge in [0.25, 0.3) is 0 Å². The van der Waals surface area contributed by atoms with Crippen molar-refractivity contribution in [2.45, 2.75) is 32.2 Å². The zero-order valence-electron chi connectivity index (χ0n) is 13.5. The van der Waals surface area contributed by atoms with Crippen LogP contribution in [0.5, 0.6) is 0 Å². The number of rotatable bonds is 6. The minimum absolute atomic E-state index is 0.0844. The van der Waals surface area contributed by atoms with Gasteiger partial charge in [-0.15, -0.1) is 11.3 Å². The summed E-state index contributed by atoms with van der Waals surface area (Å²) >= 11 is 1.74. The molecule has 4 nitrogen and oxygen atoms in total. The Balaban J connectivity index is 1.58. The highest BCUT2D eigenvalue weighted by atomic mass is 32.1. The van der Waals surface area contributed by atoms with Gasteiger partial charge in [-0.2, -0.15) is 0 Å². The maximum absolute atomic E-state index is 12.1. The Morgan fingerprint density at radius 3 is 2.87 bits per heavy atom. The van der Waals surface area contributed by atoms with Gasteiger partial charge >= 0.3 is 0 Å². The van der Waals surface area contributed by atoms with E-state index in [-0.39, 0.29) is 11.9 Å². The average Bonchev–Trinajstić information content (AvgIpc) is 3.16. The zero-order valence-corrected chi connectivity index (χ0v) is 14.3. The molecule has 0 aliphatic rings. The first kappa shape index (κ1) is 15.7. The lowest BCUT2D eigenvalue weighted by atomic mass is 10.2. The predicted octanol–water partition coefficient (Wildman–Crippen LogP) is 3.83. The van der Waals surface area contributed by atoms with Crippen LogP contribution in [0.2, 0.25) is 0 Å². The lowest BCUT2D eigenvalue weighted by Gasteiger charge is -2.13. The Bertz CT molecular complexity index is 792. The first-order valence-electron chi connectivity index (χ1n) is 7.88. The number of nitrogens with one attached hydrogen (secondary N) is 1. The second kappa shape index (κ2) is 6.96. The molecular formula is C18H21N3OS. The number of imidazole rings is 1. The number of aromatic nitrogens is 2. The number of hydrogen-bond acceptors (Lipinski definition) is 3. The summed E-state index contributed by atoms with van der Waals surface area (Å²) in [6, 6.07) is 12.1. The molecule has 0 bridgehead atoms. The largest absolute Gasteiger partial charge is 0.346 e. The van der Waals surface area contributed by atoms with Crippen molar-refractivity contribution >= 4 is 28.3 Å². The van der Waals surface area contributed by atoms with Crippen LogP contribution >= 0.6 is 11.3 Å². The molecule has 1 unspecified atom stereocenters. The Labute approximate surface area is 140 Å². The van der Waals surface area contributed by atoms with E-state index < -0.39 is 0 Å². The smallest absolute Gasteiger partial charge is 0.220 e. The monoisotopic (exact) mass is 327 g/mol. The summed E-state index contributed by atoms with van der Waals surface area (Å²) < 4.78 is 2.05. The Morgan fingerprint density at radius 2 is 2.13 bits per heavy atom. The topological polar surface area (TPSA) is 46.9 Å². The highest BCUT2D eigenvalue weighted by molar-refractivity contribution is 7.09. The maximum atomic E-state index is 12.1. The fraction of sp³-hybridized carbons (Fsp3) is 0.333. The summed E-state index contributed by atoms with van der Waals surface area (Å²) in [5.41, 5.74) is 2.05. The van der Waals surface area contributed by atoms with E-state index in [0.717, 1.165) is 29.7 Å². The summed E-state index contributed by atoms with van der Waals surface area (Å²) in [6.07, 6.45) is 2.39. The van der Waals surface area contributed by atoms with Crippen molar-refractivity contribution in [3.63, 3.8) is 0 Å². The van der Waals surface area contributed by atoms with E-state index in [1.807, 2.05) is 48.9 Å². The van der Waals surface area contributed by atoms with Gasteiger partial charge in [-0.05, 0) is 43.3 Å². The molecule has 0 radical (unpaired) electrons. The maximum Gasteiger partial charge on any atom is 0.220 e. The molecule has 0 fully saturated rings. The van der Waals surface area contributed by atoms with Gasteiger partial charge in [0.1, 0.15) is 5.82 Å². The number of aryl methyl sites for hydroxylation is 2. The van der Waals surface area contributed by atoms with E-state index in [1.54, 1.807) is 11.3 Å². The van der Waals surface area contributed by atoms with Gasteiger partial charge in [0.05, 0.1) is 17.1 Å². The first-order chi connectivity index (χ1) is 11.1. The molecule has 3 aromatic rings. The van der Waals surface area contributed by atoms with E-state index in [0.29, 0.717) is 6.42 Å². The summed E-state index contributed by atoms with van der Waals surface area (Å²) in [5, 5.41) is 5.13. The quantitative estimate of drug-likeness (QED) is 0.748. The predicted molar refractivity (Wildman–Crippen MR) is 94.5 cm³/mol. The summed E-state index contributed by atoms with van der Waals surface area (Å²) in [7, 11) is 1.99. The van der Waals surface area contributed by atoms with Crippen molar-refractivity contribution in [2.24, 2.45) is 7.05 Å². The van der Waals surface area contributed by atoms with E-state index in [9.17, 15) is 4.79 Å². The van der Waals surface area contributed by atoms with Crippen molar-refractivity contribution in [2.75, 3.05) is 0 Å². The van der Waals surface area contributed by atoms with Crippen molar-refractivity contribution in [1.29, 1.82) is 0 Å². The lowest BCUT2D eigenvalue weighted by Crippen LogP contribution is -2.28. The van der Waals surface area contributed by atoms with Crippen LogP contribution in [-0.4, -0.2) is 15.5 Å². The first-order valence-corrected chi connectivity index (χ1v) is 8.76. The van der Waals surface area contributed by atoms with Gasteiger partial charge in [0.2, 0.25) is 5.91 Å². The molecule has 1 N–H and O–H groups in total. The number of para-hydroxylation sites is 2. The number of fused-ring (bicyclic) bond motifs is 1. The van der Waals surface area contributed by atoms with Gasteiger partial charge in [0, 0.05) is 18.3 Å². The van der Waals surface area contributed by atoms with E-state index >= 15 is 0 Å². The van der Waals surface area contributed by atoms with Crippen LogP contribution in [0.1, 0.15) is 36.5 Å². The normalized spacial score (nSPS) is 12.4. The molecule has 0 saturated heterocycles. The second-order valence-electron chi connectivity index (χ2n) is 5.74. The van der Waals surface area contributed by atoms with Crippen LogP contribution in [0.3, 0.4) is 0 Å². The number of carbonyl (C=O) groups excluding carboxylic acids is 1. The molecule has 0 aliphatic carbocycles. The van der Waals surface area contributed by atoms with Crippen molar-refractivity contribution in [3.8, 4) is 0 Å². The molecule has 23 heavy (non-hydrogen) atoms. The number of nitrogens with zero attached hydrogens (tertiary/aromatic N) is 2. The van der Waals surface area contributed by atoms with Crippen LogP contribution in [0.25, 0.3) is 11.0 Å². The molecule has 1 aromatic carbocycles.